The molecule has 2 nitrogen and oxygen atoms in total. The molecule has 2 heteroatoms. The number of likely N-dealkylation sites (tertiary alicyclic amines) is 1. The number of hydrogen-bond donors (Lipinski definition) is 1. The Morgan fingerprint density at radius 2 is 2.50 bits per heavy atom. The molecule has 0 spiro atoms. The van der Waals surface area contributed by atoms with Crippen LogP contribution in [0.2, 0.25) is 0 Å². The molecule has 0 unspecified atom stereocenters. The van der Waals surface area contributed by atoms with Crippen LogP contribution in [0.5, 0.6) is 0 Å². The molecule has 0 aromatic carbocycles. The second-order valence-electron chi connectivity index (χ2n) is 2.91. The Morgan fingerprint density at radius 1 is 1.80 bits per heavy atom. The van der Waals surface area contributed by atoms with E-state index >= 15 is 0 Å². The summed E-state index contributed by atoms with van der Waals surface area (Å²) in [6.45, 7) is 7.18. The molecule has 0 bridgehead atoms. The van der Waals surface area contributed by atoms with Gasteiger partial charge in [0.1, 0.15) is 0 Å². The van der Waals surface area contributed by atoms with Crippen LogP contribution < -0.4 is 0 Å². The molecule has 0 aromatic rings. The molecule has 0 amide bonds. The van der Waals surface area contributed by atoms with Crippen LogP contribution in [0.1, 0.15) is 19.8 Å². The number of aliphatic hydroxyl groups excluding tert-OH is 1. The van der Waals surface area contributed by atoms with Crippen LogP contribution in [0.4, 0.5) is 0 Å². The van der Waals surface area contributed by atoms with E-state index in [0.717, 1.165) is 18.7 Å². The highest BCUT2D eigenvalue weighted by atomic mass is 16.3. The molecule has 1 atom stereocenters. The van der Waals surface area contributed by atoms with Gasteiger partial charge in [0.15, 0.2) is 0 Å². The van der Waals surface area contributed by atoms with Crippen LogP contribution in [-0.4, -0.2) is 29.2 Å². The first kappa shape index (κ1) is 7.61. The van der Waals surface area contributed by atoms with Crippen molar-refractivity contribution in [3.8, 4) is 0 Å². The zero-order valence-corrected chi connectivity index (χ0v) is 6.51. The van der Waals surface area contributed by atoms with Crippen molar-refractivity contribution < 1.29 is 5.11 Å². The third-order valence-electron chi connectivity index (χ3n) is 2.08. The second kappa shape index (κ2) is 3.06. The molecule has 1 saturated heterocycles. The molecule has 1 aliphatic heterocycles. The molecule has 0 aliphatic carbocycles. The van der Waals surface area contributed by atoms with E-state index in [1.54, 1.807) is 0 Å². The fraction of sp³-hybridized carbons (Fsp3) is 0.750. The topological polar surface area (TPSA) is 23.5 Å². The first-order chi connectivity index (χ1) is 4.75. The molecule has 1 rings (SSSR count). The molecule has 1 heterocycles. The van der Waals surface area contributed by atoms with Gasteiger partial charge in [0.2, 0.25) is 0 Å². The van der Waals surface area contributed by atoms with E-state index < -0.39 is 0 Å². The fourth-order valence-electron chi connectivity index (χ4n) is 1.53. The summed E-state index contributed by atoms with van der Waals surface area (Å²) in [7, 11) is 0. The highest BCUT2D eigenvalue weighted by Gasteiger charge is 2.22. The second-order valence-corrected chi connectivity index (χ2v) is 2.91. The standard InChI is InChI=1S/C8H15NO/c1-7(2)9-5-3-4-8(9)6-10/h8,10H,1,3-6H2,2H3/t8-/m1/s1. The summed E-state index contributed by atoms with van der Waals surface area (Å²) in [4.78, 5) is 2.18. The lowest BCUT2D eigenvalue weighted by Gasteiger charge is -2.24. The summed E-state index contributed by atoms with van der Waals surface area (Å²) < 4.78 is 0. The van der Waals surface area contributed by atoms with Crippen molar-refractivity contribution in [2.45, 2.75) is 25.8 Å². The minimum Gasteiger partial charge on any atom is -0.394 e. The van der Waals surface area contributed by atoms with Crippen molar-refractivity contribution in [3.63, 3.8) is 0 Å². The Morgan fingerprint density at radius 3 is 2.90 bits per heavy atom. The molecule has 10 heavy (non-hydrogen) atoms. The first-order valence-corrected chi connectivity index (χ1v) is 3.78. The van der Waals surface area contributed by atoms with Crippen LogP contribution >= 0.6 is 0 Å². The lowest BCUT2D eigenvalue weighted by Crippen LogP contribution is -2.29. The van der Waals surface area contributed by atoms with Gasteiger partial charge in [0, 0.05) is 12.2 Å². The van der Waals surface area contributed by atoms with Crippen molar-refractivity contribution in [2.24, 2.45) is 0 Å². The Labute approximate surface area is 62.2 Å². The van der Waals surface area contributed by atoms with Crippen LogP contribution in [-0.2, 0) is 0 Å². The number of allylic oxidation sites excluding steroid dienone is 1. The molecule has 1 aliphatic rings. The Kier molecular flexibility index (Phi) is 2.33. The lowest BCUT2D eigenvalue weighted by molar-refractivity contribution is 0.187. The quantitative estimate of drug-likeness (QED) is 0.619. The van der Waals surface area contributed by atoms with Gasteiger partial charge in [-0.15, -0.1) is 0 Å². The summed E-state index contributed by atoms with van der Waals surface area (Å²) >= 11 is 0. The Hall–Kier alpha value is -0.500. The van der Waals surface area contributed by atoms with E-state index in [9.17, 15) is 0 Å². The van der Waals surface area contributed by atoms with Crippen molar-refractivity contribution in [1.82, 2.24) is 4.90 Å². The summed E-state index contributed by atoms with van der Waals surface area (Å²) in [5.41, 5.74) is 1.08. The largest absolute Gasteiger partial charge is 0.394 e. The normalized spacial score (nSPS) is 25.4. The first-order valence-electron chi connectivity index (χ1n) is 3.78. The summed E-state index contributed by atoms with van der Waals surface area (Å²) in [6.07, 6.45) is 2.31. The highest BCUT2D eigenvalue weighted by molar-refractivity contribution is 4.95. The van der Waals surface area contributed by atoms with Gasteiger partial charge in [-0.1, -0.05) is 6.58 Å². The third kappa shape index (κ3) is 1.32. The van der Waals surface area contributed by atoms with Crippen LogP contribution in [0.3, 0.4) is 0 Å². The zero-order chi connectivity index (χ0) is 7.56. The van der Waals surface area contributed by atoms with Gasteiger partial charge in [-0.05, 0) is 19.8 Å². The van der Waals surface area contributed by atoms with Crippen molar-refractivity contribution in [1.29, 1.82) is 0 Å². The van der Waals surface area contributed by atoms with E-state index in [-0.39, 0.29) is 6.61 Å². The number of rotatable bonds is 2. The van der Waals surface area contributed by atoms with Crippen molar-refractivity contribution in [2.75, 3.05) is 13.2 Å². The van der Waals surface area contributed by atoms with E-state index in [4.69, 9.17) is 5.11 Å². The van der Waals surface area contributed by atoms with Gasteiger partial charge in [-0.2, -0.15) is 0 Å². The SMILES string of the molecule is C=C(C)N1CCC[C@@H]1CO. The molecule has 0 saturated carbocycles. The van der Waals surface area contributed by atoms with Gasteiger partial charge >= 0.3 is 0 Å². The highest BCUT2D eigenvalue weighted by Crippen LogP contribution is 2.19. The van der Waals surface area contributed by atoms with Gasteiger partial charge in [-0.25, -0.2) is 0 Å². The Bertz CT molecular complexity index is 133. The van der Waals surface area contributed by atoms with Gasteiger partial charge in [-0.3, -0.25) is 0 Å². The fourth-order valence-corrected chi connectivity index (χ4v) is 1.53. The maximum atomic E-state index is 8.90. The van der Waals surface area contributed by atoms with E-state index in [0.29, 0.717) is 6.04 Å². The predicted octanol–water partition coefficient (Wildman–Crippen LogP) is 0.977. The zero-order valence-electron chi connectivity index (χ0n) is 6.51. The van der Waals surface area contributed by atoms with E-state index in [1.807, 2.05) is 6.92 Å². The molecule has 1 N–H and O–H groups in total. The molecule has 1 fully saturated rings. The van der Waals surface area contributed by atoms with E-state index in [1.165, 1.54) is 6.42 Å². The average Bonchev–Trinajstić information content (AvgIpc) is 2.33. The number of aliphatic hydroxyl groups is 1. The van der Waals surface area contributed by atoms with Crippen molar-refractivity contribution >= 4 is 0 Å². The smallest absolute Gasteiger partial charge is 0.0634 e. The van der Waals surface area contributed by atoms with Gasteiger partial charge in [0.05, 0.1) is 12.6 Å². The Balaban J connectivity index is 2.50. The molecule has 0 radical (unpaired) electrons. The molecular formula is C8H15NO. The number of hydrogen-bond acceptors (Lipinski definition) is 2. The van der Waals surface area contributed by atoms with Gasteiger partial charge in [0.25, 0.3) is 0 Å². The third-order valence-corrected chi connectivity index (χ3v) is 2.08. The van der Waals surface area contributed by atoms with Crippen LogP contribution in [0, 0.1) is 0 Å². The minimum absolute atomic E-state index is 0.271. The van der Waals surface area contributed by atoms with Crippen molar-refractivity contribution in [3.05, 3.63) is 12.3 Å². The molecule has 58 valence electrons. The minimum atomic E-state index is 0.271. The molecular weight excluding hydrogens is 126 g/mol. The number of nitrogens with zero attached hydrogens (tertiary/aromatic N) is 1. The maximum absolute atomic E-state index is 8.90. The lowest BCUT2D eigenvalue weighted by atomic mass is 10.2. The summed E-state index contributed by atoms with van der Waals surface area (Å²) in [5.74, 6) is 0. The average molecular weight is 141 g/mol. The molecule has 0 aromatic heterocycles. The van der Waals surface area contributed by atoms with E-state index in [2.05, 4.69) is 11.5 Å². The predicted molar refractivity (Wildman–Crippen MR) is 41.6 cm³/mol. The van der Waals surface area contributed by atoms with Crippen LogP contribution in [0.15, 0.2) is 12.3 Å². The van der Waals surface area contributed by atoms with Crippen LogP contribution in [0.25, 0.3) is 0 Å². The summed E-state index contributed by atoms with van der Waals surface area (Å²) in [5, 5.41) is 8.90. The monoisotopic (exact) mass is 141 g/mol. The maximum Gasteiger partial charge on any atom is 0.0634 e. The summed E-state index contributed by atoms with van der Waals surface area (Å²) in [6, 6.07) is 0.345. The van der Waals surface area contributed by atoms with Gasteiger partial charge < -0.3 is 10.0 Å².